The number of hydrogen-bond acceptors (Lipinski definition) is 1. The summed E-state index contributed by atoms with van der Waals surface area (Å²) in [7, 11) is 0. The van der Waals surface area contributed by atoms with E-state index >= 15 is 0 Å². The molecule has 1 N–H and O–H groups in total. The molecule has 0 aromatic rings. The molecule has 0 fully saturated rings. The number of aliphatic carboxylic acids is 1. The molecule has 2 heteroatoms. The smallest absolute Gasteiger partial charge is 0.303 e. The maximum Gasteiger partial charge on any atom is 0.303 e. The lowest BCUT2D eigenvalue weighted by Gasteiger charge is -1.95. The predicted octanol–water partition coefficient (Wildman–Crippen LogP) is 3.77. The molecule has 2 nitrogen and oxygen atoms in total. The topological polar surface area (TPSA) is 37.3 Å². The van der Waals surface area contributed by atoms with Gasteiger partial charge in [0.1, 0.15) is 0 Å². The van der Waals surface area contributed by atoms with Crippen molar-refractivity contribution in [1.82, 2.24) is 0 Å². The van der Waals surface area contributed by atoms with Gasteiger partial charge in [0.2, 0.25) is 0 Å². The molecule has 0 heterocycles. The van der Waals surface area contributed by atoms with Gasteiger partial charge in [-0.2, -0.15) is 0 Å². The summed E-state index contributed by atoms with van der Waals surface area (Å²) < 4.78 is 66.7. The van der Waals surface area contributed by atoms with Crippen molar-refractivity contribution >= 4 is 5.97 Å². The van der Waals surface area contributed by atoms with Crippen molar-refractivity contribution in [1.29, 1.82) is 0 Å². The van der Waals surface area contributed by atoms with E-state index in [0.717, 1.165) is 6.08 Å². The van der Waals surface area contributed by atoms with Crippen molar-refractivity contribution in [2.45, 2.75) is 58.1 Å². The van der Waals surface area contributed by atoms with Gasteiger partial charge in [0, 0.05) is 18.8 Å². The molecule has 0 saturated heterocycles. The van der Waals surface area contributed by atoms with Gasteiger partial charge in [-0.15, -0.1) is 0 Å². The van der Waals surface area contributed by atoms with Crippen LogP contribution in [-0.4, -0.2) is 11.1 Å². The summed E-state index contributed by atoms with van der Waals surface area (Å²) in [5.41, 5.74) is 0. The lowest BCUT2D eigenvalue weighted by atomic mass is 10.1. The number of rotatable bonds is 9. The van der Waals surface area contributed by atoms with Crippen molar-refractivity contribution in [2.75, 3.05) is 0 Å². The Morgan fingerprint density at radius 1 is 1.43 bits per heavy atom. The molecule has 0 aromatic carbocycles. The molecule has 0 aromatic heterocycles. The zero-order chi connectivity index (χ0) is 18.5. The van der Waals surface area contributed by atoms with Crippen LogP contribution in [0.4, 0.5) is 0 Å². The van der Waals surface area contributed by atoms with Crippen molar-refractivity contribution in [2.24, 2.45) is 0 Å². The summed E-state index contributed by atoms with van der Waals surface area (Å²) in [5, 5.41) is 8.47. The molecule has 0 rings (SSSR count). The molecule has 0 radical (unpaired) electrons. The third-order valence-corrected chi connectivity index (χ3v) is 1.60. The highest BCUT2D eigenvalue weighted by Gasteiger charge is 1.94. The molecule has 14 heavy (non-hydrogen) atoms. The normalized spacial score (nSPS) is 24.4. The first-order valence-electron chi connectivity index (χ1n) is 9.06. The lowest BCUT2D eigenvalue weighted by molar-refractivity contribution is -0.137. The van der Waals surface area contributed by atoms with E-state index < -0.39 is 31.9 Å². The van der Waals surface area contributed by atoms with E-state index in [4.69, 9.17) is 17.4 Å². The molecule has 0 spiro atoms. The third kappa shape index (κ3) is 11.2. The van der Waals surface area contributed by atoms with Gasteiger partial charge in [0.15, 0.2) is 0 Å². The van der Waals surface area contributed by atoms with Crippen molar-refractivity contribution in [3.05, 3.63) is 12.2 Å². The Kier molecular flexibility index (Phi) is 3.22. The largest absolute Gasteiger partial charge is 0.481 e. The fourth-order valence-corrected chi connectivity index (χ4v) is 0.935. The molecule has 0 amide bonds. The van der Waals surface area contributed by atoms with E-state index in [9.17, 15) is 4.79 Å². The Balaban J connectivity index is 4.73. The van der Waals surface area contributed by atoms with Gasteiger partial charge >= 0.3 is 5.97 Å². The maximum absolute atomic E-state index is 10.3. The molecule has 0 atom stereocenters. The fraction of sp³-hybridized carbons (Fsp3) is 0.750. The Morgan fingerprint density at radius 2 is 2.29 bits per heavy atom. The van der Waals surface area contributed by atoms with Crippen LogP contribution < -0.4 is 0 Å². The Bertz CT molecular complexity index is 427. The molecule has 0 aliphatic heterocycles. The first-order valence-corrected chi connectivity index (χ1v) is 4.56. The van der Waals surface area contributed by atoms with E-state index in [-0.39, 0.29) is 6.42 Å². The van der Waals surface area contributed by atoms with Gasteiger partial charge in [-0.3, -0.25) is 4.79 Å². The van der Waals surface area contributed by atoms with Crippen LogP contribution in [0.5, 0.6) is 0 Å². The molecule has 0 aliphatic carbocycles. The van der Waals surface area contributed by atoms with Crippen LogP contribution >= 0.6 is 0 Å². The number of carbonyl (C=O) groups is 1. The highest BCUT2D eigenvalue weighted by molar-refractivity contribution is 5.66. The zero-order valence-corrected chi connectivity index (χ0v) is 8.05. The standard InChI is InChI=1S/C12H22O2/c1-2-3-4-5-6-7-8-9-10-11-12(13)14/h5-6H,2-4,7-11H2,1H3,(H,13,14)/b6-5+/i1D3,2D2,3D2,4D2. The minimum Gasteiger partial charge on any atom is -0.481 e. The number of allylic oxidation sites excluding steroid dienone is 2. The fourth-order valence-electron chi connectivity index (χ4n) is 0.935. The van der Waals surface area contributed by atoms with Crippen LogP contribution in [0.2, 0.25) is 0 Å². The zero-order valence-electron chi connectivity index (χ0n) is 17.0. The third-order valence-electron chi connectivity index (χ3n) is 1.60. The average molecular weight is 207 g/mol. The van der Waals surface area contributed by atoms with Gasteiger partial charge in [-0.1, -0.05) is 38.2 Å². The maximum atomic E-state index is 10.3. The van der Waals surface area contributed by atoms with E-state index in [1.807, 2.05) is 0 Å². The molecule has 0 unspecified atom stereocenters. The lowest BCUT2D eigenvalue weighted by Crippen LogP contribution is -1.93. The summed E-state index contributed by atoms with van der Waals surface area (Å²) in [4.78, 5) is 10.3. The first kappa shape index (κ1) is 4.38. The molecule has 82 valence electrons. The summed E-state index contributed by atoms with van der Waals surface area (Å²) in [5.74, 6) is -0.892. The van der Waals surface area contributed by atoms with Gasteiger partial charge in [-0.05, 0) is 25.6 Å². The van der Waals surface area contributed by atoms with E-state index in [1.165, 1.54) is 6.08 Å². The van der Waals surface area contributed by atoms with Crippen LogP contribution in [0.1, 0.15) is 70.4 Å². The van der Waals surface area contributed by atoms with Crippen molar-refractivity contribution in [3.8, 4) is 0 Å². The van der Waals surface area contributed by atoms with E-state index in [2.05, 4.69) is 0 Å². The number of hydrogen-bond donors (Lipinski definition) is 1. The van der Waals surface area contributed by atoms with Crippen molar-refractivity contribution in [3.63, 3.8) is 0 Å². The molecule has 0 bridgehead atoms. The van der Waals surface area contributed by atoms with E-state index in [0.29, 0.717) is 25.7 Å². The first-order chi connectivity index (χ1) is 10.2. The van der Waals surface area contributed by atoms with Gasteiger partial charge in [-0.25, -0.2) is 0 Å². The van der Waals surface area contributed by atoms with Gasteiger partial charge in [0.05, 0.1) is 0 Å². The number of carboxylic acids is 1. The highest BCUT2D eigenvalue weighted by Crippen LogP contribution is 2.04. The van der Waals surface area contributed by atoms with Crippen LogP contribution in [0, 0.1) is 0 Å². The SMILES string of the molecule is [2H]C([2H])([2H])C([2H])([2H])C([2H])([2H])C([2H])([2H])/C=C/CCCCCC(=O)O. The van der Waals surface area contributed by atoms with E-state index in [1.54, 1.807) is 0 Å². The van der Waals surface area contributed by atoms with Crippen LogP contribution in [-0.2, 0) is 4.79 Å². The molecule has 0 aliphatic rings. The van der Waals surface area contributed by atoms with Gasteiger partial charge < -0.3 is 5.11 Å². The Hall–Kier alpha value is -0.790. The molecular weight excluding hydrogens is 176 g/mol. The summed E-state index contributed by atoms with van der Waals surface area (Å²) in [6.07, 6.45) is -5.14. The summed E-state index contributed by atoms with van der Waals surface area (Å²) >= 11 is 0. The predicted molar refractivity (Wildman–Crippen MR) is 59.4 cm³/mol. The number of carboxylic acid groups (broad SMARTS) is 1. The minimum absolute atomic E-state index is 0.0475. The second-order valence-corrected chi connectivity index (χ2v) is 2.79. The second-order valence-electron chi connectivity index (χ2n) is 2.79. The monoisotopic (exact) mass is 207 g/mol. The minimum atomic E-state index is -3.35. The Labute approximate surface area is 99.7 Å². The van der Waals surface area contributed by atoms with Crippen LogP contribution in [0.3, 0.4) is 0 Å². The Morgan fingerprint density at radius 3 is 3.00 bits per heavy atom. The van der Waals surface area contributed by atoms with Crippen molar-refractivity contribution < 1.29 is 22.2 Å². The number of unbranched alkanes of at least 4 members (excludes halogenated alkanes) is 3. The molecular formula is C12H22O2. The second kappa shape index (κ2) is 10.3. The quantitative estimate of drug-likeness (QED) is 0.461. The molecule has 0 saturated carbocycles. The van der Waals surface area contributed by atoms with Crippen LogP contribution in [0.25, 0.3) is 0 Å². The summed E-state index contributed by atoms with van der Waals surface area (Å²) in [6, 6.07) is 0. The van der Waals surface area contributed by atoms with Crippen LogP contribution in [0.15, 0.2) is 12.2 Å². The highest BCUT2D eigenvalue weighted by atomic mass is 16.4. The summed E-state index contributed by atoms with van der Waals surface area (Å²) in [6.45, 7) is -3.30. The van der Waals surface area contributed by atoms with Gasteiger partial charge in [0.25, 0.3) is 0 Å². The average Bonchev–Trinajstić information content (AvgIpc) is 2.35.